The van der Waals surface area contributed by atoms with Gasteiger partial charge in [-0.15, -0.1) is 0 Å². The Labute approximate surface area is 151 Å². The topological polar surface area (TPSA) is 17.1 Å². The van der Waals surface area contributed by atoms with Crippen molar-refractivity contribution >= 4 is 16.8 Å². The predicted molar refractivity (Wildman–Crippen MR) is 104 cm³/mol. The Bertz CT molecular complexity index is 613. The van der Waals surface area contributed by atoms with Gasteiger partial charge in [-0.05, 0) is 53.3 Å². The summed E-state index contributed by atoms with van der Waals surface area (Å²) in [5.74, 6) is 0. The number of carbonyl (C=O) groups excluding carboxylic acids is 1. The minimum Gasteiger partial charge on any atom is -0.276 e. The lowest BCUT2D eigenvalue weighted by molar-refractivity contribution is 0.108. The van der Waals surface area contributed by atoms with Gasteiger partial charge in [0.15, 0.2) is 0 Å². The fraction of sp³-hybridized carbons (Fsp3) is 0.409. The van der Waals surface area contributed by atoms with Gasteiger partial charge in [0.25, 0.3) is 5.24 Å². The lowest BCUT2D eigenvalue weighted by atomic mass is 10.00. The smallest absolute Gasteiger partial charge is 0.252 e. The maximum absolute atomic E-state index is 11.1. The van der Waals surface area contributed by atoms with E-state index >= 15 is 0 Å². The van der Waals surface area contributed by atoms with E-state index in [1.165, 1.54) is 56.1 Å². The molecule has 0 heterocycles. The van der Waals surface area contributed by atoms with Crippen LogP contribution in [0.1, 0.15) is 67.8 Å². The third kappa shape index (κ3) is 6.13. The van der Waals surface area contributed by atoms with Crippen LogP contribution in [0.3, 0.4) is 0 Å². The van der Waals surface area contributed by atoms with Crippen molar-refractivity contribution in [2.45, 2.75) is 58.3 Å². The molecule has 0 fully saturated rings. The Morgan fingerprint density at radius 2 is 1.25 bits per heavy atom. The van der Waals surface area contributed by atoms with Crippen LogP contribution in [0.2, 0.25) is 0 Å². The molecule has 24 heavy (non-hydrogen) atoms. The number of unbranched alkanes of at least 4 members (excludes halogenated alkanes) is 6. The second kappa shape index (κ2) is 10.3. The first-order chi connectivity index (χ1) is 11.7. The molecule has 0 N–H and O–H groups in total. The second-order valence-corrected chi connectivity index (χ2v) is 6.76. The number of halogens is 1. The highest BCUT2D eigenvalue weighted by atomic mass is 35.5. The summed E-state index contributed by atoms with van der Waals surface area (Å²) in [5, 5.41) is -0.411. The van der Waals surface area contributed by atoms with Crippen LogP contribution in [0, 0.1) is 0 Å². The lowest BCUT2D eigenvalue weighted by Crippen LogP contribution is -1.89. The summed E-state index contributed by atoms with van der Waals surface area (Å²) in [4.78, 5) is 11.1. The van der Waals surface area contributed by atoms with Crippen molar-refractivity contribution in [2.75, 3.05) is 0 Å². The van der Waals surface area contributed by atoms with E-state index in [-0.39, 0.29) is 0 Å². The summed E-state index contributed by atoms with van der Waals surface area (Å²) in [5.41, 5.74) is 4.22. The van der Waals surface area contributed by atoms with Gasteiger partial charge in [-0.3, -0.25) is 4.79 Å². The Morgan fingerprint density at radius 3 is 1.79 bits per heavy atom. The van der Waals surface area contributed by atoms with Crippen molar-refractivity contribution in [1.82, 2.24) is 0 Å². The quantitative estimate of drug-likeness (QED) is 0.334. The molecule has 0 aromatic heterocycles. The highest BCUT2D eigenvalue weighted by Gasteiger charge is 2.03. The number of rotatable bonds is 10. The van der Waals surface area contributed by atoms with Crippen molar-refractivity contribution < 1.29 is 4.79 Å². The van der Waals surface area contributed by atoms with Crippen LogP contribution >= 0.6 is 11.6 Å². The van der Waals surface area contributed by atoms with Gasteiger partial charge in [-0.2, -0.15) is 0 Å². The fourth-order valence-corrected chi connectivity index (χ4v) is 3.07. The number of benzene rings is 2. The summed E-state index contributed by atoms with van der Waals surface area (Å²) in [6.07, 6.45) is 10.6. The first kappa shape index (κ1) is 18.7. The summed E-state index contributed by atoms with van der Waals surface area (Å²) >= 11 is 5.48. The van der Waals surface area contributed by atoms with Gasteiger partial charge in [-0.25, -0.2) is 0 Å². The summed E-state index contributed by atoms with van der Waals surface area (Å²) in [6, 6.07) is 16.2. The van der Waals surface area contributed by atoms with Gasteiger partial charge in [0.1, 0.15) is 0 Å². The normalized spacial score (nSPS) is 10.8. The molecular formula is C22H27ClO. The second-order valence-electron chi connectivity index (χ2n) is 6.42. The van der Waals surface area contributed by atoms with Gasteiger partial charge in [0.2, 0.25) is 0 Å². The maximum atomic E-state index is 11.1. The van der Waals surface area contributed by atoms with E-state index in [2.05, 4.69) is 31.2 Å². The largest absolute Gasteiger partial charge is 0.276 e. The highest BCUT2D eigenvalue weighted by Crippen LogP contribution is 2.21. The van der Waals surface area contributed by atoms with Crippen LogP contribution in [-0.4, -0.2) is 5.24 Å². The Kier molecular flexibility index (Phi) is 8.04. The van der Waals surface area contributed by atoms with Crippen LogP contribution in [0.5, 0.6) is 0 Å². The molecule has 0 unspecified atom stereocenters. The van der Waals surface area contributed by atoms with E-state index in [9.17, 15) is 4.79 Å². The number of carbonyl (C=O) groups is 1. The molecule has 0 saturated carbocycles. The van der Waals surface area contributed by atoms with Gasteiger partial charge in [-0.1, -0.05) is 81.8 Å². The van der Waals surface area contributed by atoms with E-state index in [0.29, 0.717) is 5.56 Å². The number of hydrogen-bond acceptors (Lipinski definition) is 1. The van der Waals surface area contributed by atoms with E-state index in [1.54, 1.807) is 12.1 Å². The van der Waals surface area contributed by atoms with Gasteiger partial charge < -0.3 is 0 Å². The standard InChI is InChI=1S/C22H27ClO/c1-2-3-4-5-6-7-8-9-18-10-12-19(13-11-18)20-14-16-21(17-15-20)22(23)24/h10-17H,2-9H2,1H3. The zero-order valence-corrected chi connectivity index (χ0v) is 15.3. The lowest BCUT2D eigenvalue weighted by Gasteiger charge is -2.06. The van der Waals surface area contributed by atoms with Crippen LogP contribution in [0.25, 0.3) is 11.1 Å². The number of hydrogen-bond donors (Lipinski definition) is 0. The molecule has 0 amide bonds. The minimum absolute atomic E-state index is 0.411. The van der Waals surface area contributed by atoms with Crippen LogP contribution < -0.4 is 0 Å². The number of aryl methyl sites for hydroxylation is 1. The third-order valence-electron chi connectivity index (χ3n) is 4.47. The fourth-order valence-electron chi connectivity index (χ4n) is 2.94. The average molecular weight is 343 g/mol. The third-order valence-corrected chi connectivity index (χ3v) is 4.69. The Morgan fingerprint density at radius 1 is 0.750 bits per heavy atom. The molecule has 0 bridgehead atoms. The molecule has 2 aromatic carbocycles. The maximum Gasteiger partial charge on any atom is 0.252 e. The molecule has 2 aromatic rings. The van der Waals surface area contributed by atoms with Crippen molar-refractivity contribution in [2.24, 2.45) is 0 Å². The molecule has 0 spiro atoms. The van der Waals surface area contributed by atoms with Gasteiger partial charge in [0.05, 0.1) is 0 Å². The van der Waals surface area contributed by atoms with Gasteiger partial charge in [0, 0.05) is 5.56 Å². The molecule has 0 radical (unpaired) electrons. The van der Waals surface area contributed by atoms with Crippen molar-refractivity contribution in [3.8, 4) is 11.1 Å². The van der Waals surface area contributed by atoms with Crippen molar-refractivity contribution in [1.29, 1.82) is 0 Å². The van der Waals surface area contributed by atoms with Crippen LogP contribution in [0.15, 0.2) is 48.5 Å². The molecule has 1 nitrogen and oxygen atoms in total. The summed E-state index contributed by atoms with van der Waals surface area (Å²) < 4.78 is 0. The molecule has 0 aliphatic rings. The first-order valence-electron chi connectivity index (χ1n) is 9.10. The van der Waals surface area contributed by atoms with Crippen LogP contribution in [-0.2, 0) is 6.42 Å². The van der Waals surface area contributed by atoms with E-state index in [4.69, 9.17) is 11.6 Å². The van der Waals surface area contributed by atoms with Gasteiger partial charge >= 0.3 is 0 Å². The first-order valence-corrected chi connectivity index (χ1v) is 9.47. The highest BCUT2D eigenvalue weighted by molar-refractivity contribution is 6.67. The molecule has 0 saturated heterocycles. The molecule has 0 atom stereocenters. The van der Waals surface area contributed by atoms with E-state index < -0.39 is 5.24 Å². The summed E-state index contributed by atoms with van der Waals surface area (Å²) in [7, 11) is 0. The average Bonchev–Trinajstić information content (AvgIpc) is 2.61. The molecule has 0 aliphatic carbocycles. The molecular weight excluding hydrogens is 316 g/mol. The van der Waals surface area contributed by atoms with Crippen molar-refractivity contribution in [3.63, 3.8) is 0 Å². The zero-order valence-electron chi connectivity index (χ0n) is 14.6. The molecule has 2 heteroatoms. The van der Waals surface area contributed by atoms with Crippen LogP contribution in [0.4, 0.5) is 0 Å². The SMILES string of the molecule is CCCCCCCCCc1ccc(-c2ccc(C(=O)Cl)cc2)cc1. The van der Waals surface area contributed by atoms with Crippen molar-refractivity contribution in [3.05, 3.63) is 59.7 Å². The van der Waals surface area contributed by atoms with E-state index in [1.807, 2.05) is 12.1 Å². The molecule has 0 aliphatic heterocycles. The molecule has 128 valence electrons. The minimum atomic E-state index is -0.411. The summed E-state index contributed by atoms with van der Waals surface area (Å²) in [6.45, 7) is 2.26. The Balaban J connectivity index is 1.79. The molecule has 2 rings (SSSR count). The van der Waals surface area contributed by atoms with E-state index in [0.717, 1.165) is 12.0 Å². The zero-order chi connectivity index (χ0) is 17.2. The Hall–Kier alpha value is -1.60. The predicted octanol–water partition coefficient (Wildman–Crippen LogP) is 7.03. The monoisotopic (exact) mass is 342 g/mol.